The van der Waals surface area contributed by atoms with Crippen molar-refractivity contribution in [1.29, 1.82) is 0 Å². The molecule has 80 valence electrons. The maximum absolute atomic E-state index is 10.6. The van der Waals surface area contributed by atoms with E-state index < -0.39 is 12.0 Å². The van der Waals surface area contributed by atoms with Crippen LogP contribution in [0.1, 0.15) is 10.6 Å². The summed E-state index contributed by atoms with van der Waals surface area (Å²) in [5, 5.41) is 20.1. The van der Waals surface area contributed by atoms with Gasteiger partial charge in [-0.15, -0.1) is 6.42 Å². The van der Waals surface area contributed by atoms with Crippen molar-refractivity contribution in [2.75, 3.05) is 11.9 Å². The van der Waals surface area contributed by atoms with Crippen LogP contribution in [0.5, 0.6) is 0 Å². The highest BCUT2D eigenvalue weighted by Gasteiger charge is 2.15. The van der Waals surface area contributed by atoms with Gasteiger partial charge in [-0.3, -0.25) is 0 Å². The second-order valence-corrected chi connectivity index (χ2v) is 3.49. The topological polar surface area (TPSA) is 82.7 Å². The molecule has 0 aliphatic carbocycles. The smallest absolute Gasteiger partial charge is 0.371 e. The lowest BCUT2D eigenvalue weighted by atomic mass is 10.3. The van der Waals surface area contributed by atoms with Gasteiger partial charge in [-0.05, 0) is 15.9 Å². The first-order chi connectivity index (χ1) is 7.08. The van der Waals surface area contributed by atoms with Gasteiger partial charge in [-0.2, -0.15) is 0 Å². The predicted molar refractivity (Wildman–Crippen MR) is 56.7 cm³/mol. The lowest BCUT2D eigenvalue weighted by molar-refractivity contribution is 0.0663. The van der Waals surface area contributed by atoms with Gasteiger partial charge in [0.1, 0.15) is 6.04 Å². The van der Waals surface area contributed by atoms with E-state index >= 15 is 0 Å². The first kappa shape index (κ1) is 11.6. The summed E-state index contributed by atoms with van der Waals surface area (Å²) in [5.41, 5.74) is 0. The number of aliphatic hydroxyl groups is 1. The Morgan fingerprint density at radius 2 is 2.47 bits per heavy atom. The van der Waals surface area contributed by atoms with E-state index in [4.69, 9.17) is 21.1 Å². The number of furan rings is 1. The molecule has 0 saturated heterocycles. The minimum Gasteiger partial charge on any atom is -0.475 e. The van der Waals surface area contributed by atoms with E-state index in [9.17, 15) is 4.79 Å². The number of nitrogens with one attached hydrogen (secondary N) is 1. The minimum absolute atomic E-state index is 0.185. The van der Waals surface area contributed by atoms with E-state index in [1.807, 2.05) is 0 Å². The Labute approximate surface area is 94.2 Å². The zero-order valence-corrected chi connectivity index (χ0v) is 9.11. The molecule has 1 aromatic heterocycles. The summed E-state index contributed by atoms with van der Waals surface area (Å²) in [7, 11) is 0. The molecule has 0 fully saturated rings. The summed E-state index contributed by atoms with van der Waals surface area (Å²) in [5.74, 6) is 1.08. The van der Waals surface area contributed by atoms with E-state index in [0.717, 1.165) is 0 Å². The number of carboxylic acids is 1. The molecule has 1 unspecified atom stereocenters. The lowest BCUT2D eigenvalue weighted by Gasteiger charge is -2.08. The number of terminal acetylenes is 1. The van der Waals surface area contributed by atoms with Crippen molar-refractivity contribution in [3.63, 3.8) is 0 Å². The summed E-state index contributed by atoms with van der Waals surface area (Å²) < 4.78 is 5.38. The van der Waals surface area contributed by atoms with Crippen LogP contribution in [-0.4, -0.2) is 28.8 Å². The fourth-order valence-electron chi connectivity index (χ4n) is 0.871. The fraction of sp³-hybridized carbons (Fsp3) is 0.222. The van der Waals surface area contributed by atoms with Gasteiger partial charge in [-0.1, -0.05) is 5.92 Å². The fourth-order valence-corrected chi connectivity index (χ4v) is 1.27. The Balaban J connectivity index is 2.87. The Bertz CT molecular complexity index is 407. The highest BCUT2D eigenvalue weighted by molar-refractivity contribution is 9.10. The second-order valence-electron chi connectivity index (χ2n) is 2.64. The molecule has 0 amide bonds. The molecule has 15 heavy (non-hydrogen) atoms. The SMILES string of the molecule is C#CC(CO)Nc1oc(C(=O)O)cc1Br. The van der Waals surface area contributed by atoms with Crippen molar-refractivity contribution in [2.24, 2.45) is 0 Å². The maximum atomic E-state index is 10.6. The minimum atomic E-state index is -1.18. The molecule has 0 aromatic carbocycles. The molecule has 1 rings (SSSR count). The van der Waals surface area contributed by atoms with Crippen LogP contribution in [0.15, 0.2) is 15.0 Å². The van der Waals surface area contributed by atoms with Crippen molar-refractivity contribution < 1.29 is 19.4 Å². The first-order valence-corrected chi connectivity index (χ1v) is 4.74. The largest absolute Gasteiger partial charge is 0.475 e. The molecule has 0 bridgehead atoms. The lowest BCUT2D eigenvalue weighted by Crippen LogP contribution is -2.21. The van der Waals surface area contributed by atoms with Crippen LogP contribution < -0.4 is 5.32 Å². The van der Waals surface area contributed by atoms with E-state index in [-0.39, 0.29) is 18.3 Å². The molecule has 1 heterocycles. The summed E-state index contributed by atoms with van der Waals surface area (Å²) in [6.07, 6.45) is 5.10. The molecule has 1 atom stereocenters. The Kier molecular flexibility index (Phi) is 3.77. The average Bonchev–Trinajstić information content (AvgIpc) is 2.56. The Morgan fingerprint density at radius 1 is 1.80 bits per heavy atom. The molecule has 3 N–H and O–H groups in total. The number of rotatable bonds is 4. The van der Waals surface area contributed by atoms with Gasteiger partial charge >= 0.3 is 5.97 Å². The summed E-state index contributed by atoms with van der Waals surface area (Å²) in [6.45, 7) is -0.272. The second kappa shape index (κ2) is 4.87. The predicted octanol–water partition coefficient (Wildman–Crippen LogP) is 1.15. The first-order valence-electron chi connectivity index (χ1n) is 3.94. The highest BCUT2D eigenvalue weighted by Crippen LogP contribution is 2.27. The molecule has 1 aromatic rings. The van der Waals surface area contributed by atoms with Crippen molar-refractivity contribution in [3.8, 4) is 12.3 Å². The van der Waals surface area contributed by atoms with Crippen LogP contribution in [0.4, 0.5) is 5.88 Å². The van der Waals surface area contributed by atoms with Crippen molar-refractivity contribution >= 4 is 27.8 Å². The van der Waals surface area contributed by atoms with E-state index in [1.54, 1.807) is 0 Å². The van der Waals surface area contributed by atoms with Crippen LogP contribution in [0.25, 0.3) is 0 Å². The van der Waals surface area contributed by atoms with Gasteiger partial charge in [0.2, 0.25) is 11.6 Å². The summed E-state index contributed by atoms with van der Waals surface area (Å²) in [4.78, 5) is 10.6. The van der Waals surface area contributed by atoms with Crippen LogP contribution in [0.2, 0.25) is 0 Å². The van der Waals surface area contributed by atoms with Crippen LogP contribution in [0.3, 0.4) is 0 Å². The number of aliphatic hydroxyl groups excluding tert-OH is 1. The molecule has 6 heteroatoms. The third-order valence-electron chi connectivity index (χ3n) is 1.59. The van der Waals surface area contributed by atoms with E-state index in [2.05, 4.69) is 27.2 Å². The number of halogens is 1. The molecule has 0 saturated carbocycles. The molecule has 0 spiro atoms. The van der Waals surface area contributed by atoms with E-state index in [0.29, 0.717) is 4.47 Å². The molecular weight excluding hydrogens is 266 g/mol. The van der Waals surface area contributed by atoms with Gasteiger partial charge in [0.05, 0.1) is 11.1 Å². The van der Waals surface area contributed by atoms with Gasteiger partial charge in [0.25, 0.3) is 0 Å². The summed E-state index contributed by atoms with van der Waals surface area (Å²) >= 11 is 3.10. The zero-order chi connectivity index (χ0) is 11.4. The number of carboxylic acid groups (broad SMARTS) is 1. The van der Waals surface area contributed by atoms with Gasteiger partial charge in [0.15, 0.2) is 0 Å². The summed E-state index contributed by atoms with van der Waals surface area (Å²) in [6, 6.07) is 0.685. The van der Waals surface area contributed by atoms with Gasteiger partial charge in [0, 0.05) is 6.07 Å². The molecule has 0 aliphatic rings. The van der Waals surface area contributed by atoms with Gasteiger partial charge < -0.3 is 19.9 Å². The molecule has 0 aliphatic heterocycles. The Hall–Kier alpha value is -1.45. The number of hydrogen-bond acceptors (Lipinski definition) is 4. The monoisotopic (exact) mass is 273 g/mol. The van der Waals surface area contributed by atoms with Crippen LogP contribution in [0, 0.1) is 12.3 Å². The number of aromatic carboxylic acids is 1. The third-order valence-corrected chi connectivity index (χ3v) is 2.18. The zero-order valence-electron chi connectivity index (χ0n) is 7.53. The van der Waals surface area contributed by atoms with Crippen molar-refractivity contribution in [1.82, 2.24) is 0 Å². The van der Waals surface area contributed by atoms with Crippen LogP contribution in [-0.2, 0) is 0 Å². The average molecular weight is 274 g/mol. The molecule has 5 nitrogen and oxygen atoms in total. The Morgan fingerprint density at radius 3 is 2.87 bits per heavy atom. The number of anilines is 1. The molecule has 0 radical (unpaired) electrons. The van der Waals surface area contributed by atoms with Gasteiger partial charge in [-0.25, -0.2) is 4.79 Å². The number of hydrogen-bond donors (Lipinski definition) is 3. The van der Waals surface area contributed by atoms with E-state index in [1.165, 1.54) is 6.07 Å². The maximum Gasteiger partial charge on any atom is 0.371 e. The highest BCUT2D eigenvalue weighted by atomic mass is 79.9. The third kappa shape index (κ3) is 2.75. The van der Waals surface area contributed by atoms with Crippen LogP contribution >= 0.6 is 15.9 Å². The number of carbonyl (C=O) groups is 1. The quantitative estimate of drug-likeness (QED) is 0.717. The van der Waals surface area contributed by atoms with Crippen molar-refractivity contribution in [2.45, 2.75) is 6.04 Å². The standard InChI is InChI=1S/C9H8BrNO4/c1-2-5(4-12)11-8-6(10)3-7(15-8)9(13)14/h1,3,5,11-12H,4H2,(H,13,14). The molecular formula is C9H8BrNO4. The van der Waals surface area contributed by atoms with Crippen molar-refractivity contribution in [3.05, 3.63) is 16.3 Å². The normalized spacial score (nSPS) is 11.8.